The van der Waals surface area contributed by atoms with E-state index < -0.39 is 5.76 Å². The Bertz CT molecular complexity index is 925. The Morgan fingerprint density at radius 2 is 2.00 bits per heavy atom. The average molecular weight is 410 g/mol. The van der Waals surface area contributed by atoms with E-state index in [1.165, 1.54) is 11.8 Å². The minimum Gasteiger partial charge on any atom is -0.469 e. The van der Waals surface area contributed by atoms with E-state index in [2.05, 4.69) is 15.5 Å². The van der Waals surface area contributed by atoms with Crippen LogP contribution in [0.2, 0.25) is 0 Å². The fourth-order valence-corrected chi connectivity index (χ4v) is 3.55. The Labute approximate surface area is 162 Å². The maximum Gasteiger partial charge on any atom is 0.288 e. The number of furan rings is 1. The molecule has 142 valence electrons. The Morgan fingerprint density at radius 1 is 1.26 bits per heavy atom. The lowest BCUT2D eigenvalue weighted by Gasteiger charge is -2.06. The summed E-state index contributed by atoms with van der Waals surface area (Å²) in [5, 5.41) is 11.6. The first kappa shape index (κ1) is 19.4. The first-order valence-electron chi connectivity index (χ1n) is 7.85. The van der Waals surface area contributed by atoms with Crippen LogP contribution in [0.4, 0.5) is 14.5 Å². The minimum atomic E-state index is -2.47. The zero-order chi connectivity index (χ0) is 19.4. The van der Waals surface area contributed by atoms with Gasteiger partial charge < -0.3 is 14.3 Å². The van der Waals surface area contributed by atoms with Crippen molar-refractivity contribution in [3.8, 4) is 11.4 Å². The summed E-state index contributed by atoms with van der Waals surface area (Å²) in [7, 11) is 1.82. The third kappa shape index (κ3) is 4.89. The first-order valence-corrected chi connectivity index (χ1v) is 9.72. The molecule has 1 aromatic carbocycles. The number of anilines is 1. The number of halogens is 2. The third-order valence-electron chi connectivity index (χ3n) is 3.63. The molecule has 2 aromatic heterocycles. The number of aryl methyl sites for hydroxylation is 1. The molecule has 1 N–H and O–H groups in total. The van der Waals surface area contributed by atoms with Crippen molar-refractivity contribution in [3.05, 3.63) is 42.4 Å². The number of benzene rings is 1. The quantitative estimate of drug-likeness (QED) is 0.581. The standard InChI is InChI=1S/C17H16F2N4O2S2/c1-10-13(7-8-25-10)15-21-22-17(23(15)2)26-9-14(24)20-11-3-5-12(6-4-11)27-16(18)19/h3-8,16H,9H2,1-2H3,(H,20,24). The van der Waals surface area contributed by atoms with Crippen molar-refractivity contribution in [1.29, 1.82) is 0 Å². The summed E-state index contributed by atoms with van der Waals surface area (Å²) in [6.07, 6.45) is 1.59. The maximum absolute atomic E-state index is 12.3. The second-order valence-corrected chi connectivity index (χ2v) is 7.50. The summed E-state index contributed by atoms with van der Waals surface area (Å²) in [4.78, 5) is 12.6. The van der Waals surface area contributed by atoms with Crippen LogP contribution in [0.1, 0.15) is 5.76 Å². The SMILES string of the molecule is Cc1occc1-c1nnc(SCC(=O)Nc2ccc(SC(F)F)cc2)n1C. The molecule has 0 saturated carbocycles. The van der Waals surface area contributed by atoms with Crippen LogP contribution in [0.15, 0.2) is 51.1 Å². The van der Waals surface area contributed by atoms with Gasteiger partial charge in [-0.1, -0.05) is 23.5 Å². The van der Waals surface area contributed by atoms with Crippen LogP contribution in [0, 0.1) is 6.92 Å². The van der Waals surface area contributed by atoms with E-state index in [1.54, 1.807) is 35.1 Å². The highest BCUT2D eigenvalue weighted by Crippen LogP contribution is 2.27. The van der Waals surface area contributed by atoms with Crippen LogP contribution in [0.5, 0.6) is 0 Å². The zero-order valence-corrected chi connectivity index (χ0v) is 16.1. The summed E-state index contributed by atoms with van der Waals surface area (Å²) in [6.45, 7) is 1.84. The van der Waals surface area contributed by atoms with Crippen LogP contribution in [-0.4, -0.2) is 32.2 Å². The van der Waals surface area contributed by atoms with Gasteiger partial charge in [-0.2, -0.15) is 8.78 Å². The van der Waals surface area contributed by atoms with Crippen molar-refractivity contribution in [3.63, 3.8) is 0 Å². The molecule has 0 aliphatic carbocycles. The summed E-state index contributed by atoms with van der Waals surface area (Å²) >= 11 is 1.72. The van der Waals surface area contributed by atoms with E-state index in [4.69, 9.17) is 4.42 Å². The molecule has 2 heterocycles. The van der Waals surface area contributed by atoms with Gasteiger partial charge in [0.05, 0.1) is 17.6 Å². The molecule has 0 spiro atoms. The monoisotopic (exact) mass is 410 g/mol. The first-order chi connectivity index (χ1) is 12.9. The minimum absolute atomic E-state index is 0.143. The van der Waals surface area contributed by atoms with Crippen molar-refractivity contribution >= 4 is 35.1 Å². The topological polar surface area (TPSA) is 72.9 Å². The highest BCUT2D eigenvalue weighted by Gasteiger charge is 2.16. The number of hydrogen-bond donors (Lipinski definition) is 1. The van der Waals surface area contributed by atoms with Crippen LogP contribution in [0.25, 0.3) is 11.4 Å². The number of rotatable bonds is 7. The van der Waals surface area contributed by atoms with Gasteiger partial charge in [0.25, 0.3) is 5.76 Å². The lowest BCUT2D eigenvalue weighted by molar-refractivity contribution is -0.113. The molecular formula is C17H16F2N4O2S2. The van der Waals surface area contributed by atoms with E-state index in [9.17, 15) is 13.6 Å². The average Bonchev–Trinajstić information content (AvgIpc) is 3.20. The van der Waals surface area contributed by atoms with Crippen molar-refractivity contribution in [2.24, 2.45) is 7.05 Å². The number of nitrogens with zero attached hydrogens (tertiary/aromatic N) is 3. The fourth-order valence-electron chi connectivity index (χ4n) is 2.34. The van der Waals surface area contributed by atoms with Gasteiger partial charge >= 0.3 is 0 Å². The normalized spacial score (nSPS) is 11.1. The zero-order valence-electron chi connectivity index (χ0n) is 14.5. The van der Waals surface area contributed by atoms with E-state index in [0.29, 0.717) is 33.3 Å². The number of nitrogens with one attached hydrogen (secondary N) is 1. The number of aromatic nitrogens is 3. The molecule has 1 amide bonds. The van der Waals surface area contributed by atoms with Gasteiger partial charge in [-0.25, -0.2) is 0 Å². The second kappa shape index (κ2) is 8.57. The second-order valence-electron chi connectivity index (χ2n) is 5.50. The Balaban J connectivity index is 1.57. The van der Waals surface area contributed by atoms with Crippen LogP contribution in [-0.2, 0) is 11.8 Å². The molecule has 0 aliphatic rings. The van der Waals surface area contributed by atoms with E-state index in [0.717, 1.165) is 11.3 Å². The molecule has 0 radical (unpaired) electrons. The molecule has 0 unspecified atom stereocenters. The summed E-state index contributed by atoms with van der Waals surface area (Å²) in [6, 6.07) is 8.09. The largest absolute Gasteiger partial charge is 0.469 e. The number of thioether (sulfide) groups is 2. The highest BCUT2D eigenvalue weighted by molar-refractivity contribution is 8.00. The van der Waals surface area contributed by atoms with Gasteiger partial charge in [0.1, 0.15) is 5.76 Å². The van der Waals surface area contributed by atoms with Gasteiger partial charge in [0.15, 0.2) is 11.0 Å². The molecule has 0 saturated heterocycles. The van der Waals surface area contributed by atoms with Gasteiger partial charge in [-0.3, -0.25) is 4.79 Å². The Kier molecular flexibility index (Phi) is 6.17. The molecule has 3 rings (SSSR count). The molecule has 6 nitrogen and oxygen atoms in total. The van der Waals surface area contributed by atoms with Gasteiger partial charge in [-0.05, 0) is 37.3 Å². The Hall–Kier alpha value is -2.33. The molecule has 27 heavy (non-hydrogen) atoms. The molecule has 0 bridgehead atoms. The lowest BCUT2D eigenvalue weighted by atomic mass is 10.2. The smallest absolute Gasteiger partial charge is 0.288 e. The van der Waals surface area contributed by atoms with E-state index in [1.807, 2.05) is 20.0 Å². The van der Waals surface area contributed by atoms with E-state index >= 15 is 0 Å². The van der Waals surface area contributed by atoms with Crippen molar-refractivity contribution in [2.45, 2.75) is 22.7 Å². The Morgan fingerprint density at radius 3 is 2.63 bits per heavy atom. The number of alkyl halides is 2. The number of carbonyl (C=O) groups excluding carboxylic acids is 1. The van der Waals surface area contributed by atoms with Crippen molar-refractivity contribution < 1.29 is 18.0 Å². The number of hydrogen-bond acceptors (Lipinski definition) is 6. The van der Waals surface area contributed by atoms with Crippen LogP contribution < -0.4 is 5.32 Å². The maximum atomic E-state index is 12.3. The number of amides is 1. The summed E-state index contributed by atoms with van der Waals surface area (Å²) < 4.78 is 31.7. The van der Waals surface area contributed by atoms with Gasteiger partial charge in [0, 0.05) is 17.6 Å². The predicted molar refractivity (Wildman–Crippen MR) is 101 cm³/mol. The highest BCUT2D eigenvalue weighted by atomic mass is 32.2. The van der Waals surface area contributed by atoms with E-state index in [-0.39, 0.29) is 11.7 Å². The van der Waals surface area contributed by atoms with Crippen LogP contribution in [0.3, 0.4) is 0 Å². The third-order valence-corrected chi connectivity index (χ3v) is 5.37. The molecule has 3 aromatic rings. The molecule has 10 heteroatoms. The predicted octanol–water partition coefficient (Wildman–Crippen LogP) is 4.43. The number of carbonyl (C=O) groups is 1. The van der Waals surface area contributed by atoms with Crippen molar-refractivity contribution in [1.82, 2.24) is 14.8 Å². The molecular weight excluding hydrogens is 394 g/mol. The van der Waals surface area contributed by atoms with Gasteiger partial charge in [-0.15, -0.1) is 10.2 Å². The fraction of sp³-hybridized carbons (Fsp3) is 0.235. The molecule has 0 atom stereocenters. The van der Waals surface area contributed by atoms with Crippen LogP contribution >= 0.6 is 23.5 Å². The molecule has 0 fully saturated rings. The summed E-state index contributed by atoms with van der Waals surface area (Å²) in [5.41, 5.74) is 1.40. The summed E-state index contributed by atoms with van der Waals surface area (Å²) in [5.74, 6) is -1.14. The van der Waals surface area contributed by atoms with Crippen molar-refractivity contribution in [2.75, 3.05) is 11.1 Å². The van der Waals surface area contributed by atoms with Gasteiger partial charge in [0.2, 0.25) is 5.91 Å². The lowest BCUT2D eigenvalue weighted by Crippen LogP contribution is -2.14. The molecule has 0 aliphatic heterocycles.